The fourth-order valence-electron chi connectivity index (χ4n) is 2.47. The van der Waals surface area contributed by atoms with Crippen LogP contribution in [0.1, 0.15) is 24.1 Å². The number of halogens is 2. The van der Waals surface area contributed by atoms with Gasteiger partial charge in [-0.25, -0.2) is 4.98 Å². The summed E-state index contributed by atoms with van der Waals surface area (Å²) in [6, 6.07) is 6.37. The second-order valence-electron chi connectivity index (χ2n) is 5.14. The minimum absolute atomic E-state index is 0.819. The lowest BCUT2D eigenvalue weighted by Gasteiger charge is -2.27. The maximum atomic E-state index is 4.59. The molecule has 2 aromatic heterocycles. The summed E-state index contributed by atoms with van der Waals surface area (Å²) < 4.78 is 2.25. The fraction of sp³-hybridized carbons (Fsp3) is 0.400. The first kappa shape index (κ1) is 15.3. The first-order valence-corrected chi connectivity index (χ1v) is 9.51. The molecule has 0 saturated carbocycles. The van der Waals surface area contributed by atoms with Crippen molar-refractivity contribution < 1.29 is 0 Å². The molecular weight excluding hydrogens is 414 g/mol. The van der Waals surface area contributed by atoms with Crippen molar-refractivity contribution in [2.45, 2.75) is 25.8 Å². The lowest BCUT2D eigenvalue weighted by atomic mass is 10.1. The van der Waals surface area contributed by atoms with Gasteiger partial charge in [0.2, 0.25) is 0 Å². The predicted molar refractivity (Wildman–Crippen MR) is 97.3 cm³/mol. The minimum Gasteiger partial charge on any atom is -0.379 e. The first-order valence-electron chi connectivity index (χ1n) is 7.11. The first-order chi connectivity index (χ1) is 10.2. The number of nitrogens with zero attached hydrogens (tertiary/aromatic N) is 2. The summed E-state index contributed by atoms with van der Waals surface area (Å²) in [5.74, 6) is 1.10. The lowest BCUT2D eigenvalue weighted by molar-refractivity contribution is 0.573. The van der Waals surface area contributed by atoms with E-state index in [9.17, 15) is 0 Å². The van der Waals surface area contributed by atoms with Crippen LogP contribution in [0.2, 0.25) is 0 Å². The van der Waals surface area contributed by atoms with Crippen molar-refractivity contribution in [3.63, 3.8) is 0 Å². The number of hydrogen-bond acceptors (Lipinski definition) is 4. The number of aromatic nitrogens is 1. The molecule has 0 unspecified atom stereocenters. The third kappa shape index (κ3) is 3.99. The molecule has 1 aliphatic heterocycles. The SMILES string of the molecule is Brc1cc(CNc2ccc(N3CCCCC3)nc2)sc1Br. The van der Waals surface area contributed by atoms with Gasteiger partial charge >= 0.3 is 0 Å². The Morgan fingerprint density at radius 1 is 1.19 bits per heavy atom. The summed E-state index contributed by atoms with van der Waals surface area (Å²) in [6.07, 6.45) is 5.84. The maximum absolute atomic E-state index is 4.59. The van der Waals surface area contributed by atoms with E-state index in [1.807, 2.05) is 6.20 Å². The van der Waals surface area contributed by atoms with E-state index in [1.54, 1.807) is 11.3 Å². The standard InChI is InChI=1S/C15H17Br2N3S/c16-13-8-12(21-15(13)17)10-18-11-4-5-14(19-9-11)20-6-2-1-3-7-20/h4-5,8-9,18H,1-3,6-7,10H2. The highest BCUT2D eigenvalue weighted by Crippen LogP contribution is 2.32. The fourth-order valence-corrected chi connectivity index (χ4v) is 4.58. The zero-order chi connectivity index (χ0) is 14.7. The Morgan fingerprint density at radius 2 is 2.00 bits per heavy atom. The van der Waals surface area contributed by atoms with E-state index in [0.29, 0.717) is 0 Å². The van der Waals surface area contributed by atoms with Crippen molar-refractivity contribution in [3.05, 3.63) is 37.5 Å². The molecule has 1 fully saturated rings. The van der Waals surface area contributed by atoms with Crippen LogP contribution in [0.25, 0.3) is 0 Å². The molecule has 21 heavy (non-hydrogen) atoms. The zero-order valence-electron chi connectivity index (χ0n) is 11.6. The summed E-state index contributed by atoms with van der Waals surface area (Å²) in [5, 5.41) is 3.42. The van der Waals surface area contributed by atoms with Gasteiger partial charge in [-0.05, 0) is 69.3 Å². The van der Waals surface area contributed by atoms with Crippen LogP contribution in [-0.4, -0.2) is 18.1 Å². The lowest BCUT2D eigenvalue weighted by Crippen LogP contribution is -2.30. The van der Waals surface area contributed by atoms with Gasteiger partial charge < -0.3 is 10.2 Å². The third-order valence-corrected chi connectivity index (χ3v) is 6.85. The quantitative estimate of drug-likeness (QED) is 0.715. The Morgan fingerprint density at radius 3 is 2.62 bits per heavy atom. The predicted octanol–water partition coefficient (Wildman–Crippen LogP) is 5.27. The summed E-state index contributed by atoms with van der Waals surface area (Å²) in [6.45, 7) is 3.09. The van der Waals surface area contributed by atoms with Crippen molar-refractivity contribution in [1.29, 1.82) is 0 Å². The average Bonchev–Trinajstić information content (AvgIpc) is 2.85. The van der Waals surface area contributed by atoms with Gasteiger partial charge in [0, 0.05) is 29.0 Å². The van der Waals surface area contributed by atoms with E-state index >= 15 is 0 Å². The highest BCUT2D eigenvalue weighted by molar-refractivity contribution is 9.13. The molecule has 3 heterocycles. The van der Waals surface area contributed by atoms with Crippen molar-refractivity contribution in [3.8, 4) is 0 Å². The summed E-state index contributed by atoms with van der Waals surface area (Å²) in [7, 11) is 0. The maximum Gasteiger partial charge on any atom is 0.128 e. The monoisotopic (exact) mass is 429 g/mol. The topological polar surface area (TPSA) is 28.2 Å². The molecule has 0 amide bonds. The number of pyridine rings is 1. The Hall–Kier alpha value is -0.590. The summed E-state index contributed by atoms with van der Waals surface area (Å²) >= 11 is 8.77. The van der Waals surface area contributed by atoms with Crippen LogP contribution in [0, 0.1) is 0 Å². The molecule has 1 saturated heterocycles. The molecule has 6 heteroatoms. The molecule has 0 aliphatic carbocycles. The van der Waals surface area contributed by atoms with Gasteiger partial charge in [0.15, 0.2) is 0 Å². The molecule has 0 bridgehead atoms. The van der Waals surface area contributed by atoms with Crippen LogP contribution >= 0.6 is 43.2 Å². The smallest absolute Gasteiger partial charge is 0.128 e. The third-order valence-electron chi connectivity index (χ3n) is 3.59. The molecule has 0 aromatic carbocycles. The van der Waals surface area contributed by atoms with Crippen molar-refractivity contribution in [2.24, 2.45) is 0 Å². The van der Waals surface area contributed by atoms with E-state index in [1.165, 1.54) is 24.1 Å². The summed E-state index contributed by atoms with van der Waals surface area (Å²) in [5.41, 5.74) is 1.07. The largest absolute Gasteiger partial charge is 0.379 e. The van der Waals surface area contributed by atoms with E-state index < -0.39 is 0 Å². The van der Waals surface area contributed by atoms with E-state index in [4.69, 9.17) is 0 Å². The second kappa shape index (κ2) is 7.11. The van der Waals surface area contributed by atoms with Gasteiger partial charge in [0.25, 0.3) is 0 Å². The number of nitrogens with one attached hydrogen (secondary N) is 1. The van der Waals surface area contributed by atoms with E-state index in [-0.39, 0.29) is 0 Å². The van der Waals surface area contributed by atoms with Crippen LogP contribution < -0.4 is 10.2 Å². The number of hydrogen-bond donors (Lipinski definition) is 1. The number of piperidine rings is 1. The number of anilines is 2. The van der Waals surface area contributed by atoms with E-state index in [0.717, 1.165) is 39.4 Å². The molecule has 0 radical (unpaired) electrons. The highest BCUT2D eigenvalue weighted by atomic mass is 79.9. The molecule has 0 spiro atoms. The normalized spacial score (nSPS) is 15.2. The molecule has 2 aromatic rings. The van der Waals surface area contributed by atoms with Gasteiger partial charge in [-0.1, -0.05) is 0 Å². The Kier molecular flexibility index (Phi) is 5.19. The van der Waals surface area contributed by atoms with Crippen molar-refractivity contribution in [2.75, 3.05) is 23.3 Å². The Labute approximate surface area is 146 Å². The molecule has 3 rings (SSSR count). The molecule has 1 aliphatic rings. The molecular formula is C15H17Br2N3S. The highest BCUT2D eigenvalue weighted by Gasteiger charge is 2.11. The second-order valence-corrected chi connectivity index (χ2v) is 8.45. The van der Waals surface area contributed by atoms with Crippen LogP contribution in [0.4, 0.5) is 11.5 Å². The van der Waals surface area contributed by atoms with Crippen molar-refractivity contribution in [1.82, 2.24) is 4.98 Å². The minimum atomic E-state index is 0.819. The van der Waals surface area contributed by atoms with Crippen LogP contribution in [-0.2, 0) is 6.54 Å². The van der Waals surface area contributed by atoms with Gasteiger partial charge in [0.05, 0.1) is 15.7 Å². The van der Waals surface area contributed by atoms with Crippen LogP contribution in [0.3, 0.4) is 0 Å². The van der Waals surface area contributed by atoms with Crippen molar-refractivity contribution >= 4 is 54.7 Å². The van der Waals surface area contributed by atoms with Crippen LogP contribution in [0.15, 0.2) is 32.7 Å². The zero-order valence-corrected chi connectivity index (χ0v) is 15.6. The van der Waals surface area contributed by atoms with Crippen LogP contribution in [0.5, 0.6) is 0 Å². The molecule has 112 valence electrons. The van der Waals surface area contributed by atoms with Gasteiger partial charge in [-0.2, -0.15) is 0 Å². The van der Waals surface area contributed by atoms with Gasteiger partial charge in [0.1, 0.15) is 5.82 Å². The Bertz CT molecular complexity index is 572. The molecule has 3 nitrogen and oxygen atoms in total. The Balaban J connectivity index is 1.59. The van der Waals surface area contributed by atoms with Gasteiger partial charge in [-0.3, -0.25) is 0 Å². The van der Waals surface area contributed by atoms with Gasteiger partial charge in [-0.15, -0.1) is 11.3 Å². The average molecular weight is 431 g/mol. The number of thiophene rings is 1. The number of rotatable bonds is 4. The van der Waals surface area contributed by atoms with E-state index in [2.05, 4.69) is 65.3 Å². The molecule has 0 atom stereocenters. The molecule has 1 N–H and O–H groups in total. The summed E-state index contributed by atoms with van der Waals surface area (Å²) in [4.78, 5) is 8.25.